The Morgan fingerprint density at radius 1 is 1.11 bits per heavy atom. The molecule has 4 rings (SSSR count). The van der Waals surface area contributed by atoms with E-state index in [1.807, 2.05) is 26.0 Å². The van der Waals surface area contributed by atoms with E-state index in [1.165, 1.54) is 14.2 Å². The number of nitrogens with one attached hydrogen (secondary N) is 1. The van der Waals surface area contributed by atoms with Gasteiger partial charge < -0.3 is 29.1 Å². The molecule has 9 heteroatoms. The minimum Gasteiger partial charge on any atom is -0.494 e. The molecule has 2 aromatic rings. The monoisotopic (exact) mass is 499 g/mol. The molecule has 0 radical (unpaired) electrons. The number of amidine groups is 1. The van der Waals surface area contributed by atoms with Crippen LogP contribution in [0, 0.1) is 11.2 Å². The average Bonchev–Trinajstić information content (AvgIpc) is 3.18. The highest BCUT2D eigenvalue weighted by Gasteiger charge is 2.33. The van der Waals surface area contributed by atoms with Gasteiger partial charge in [0.25, 0.3) is 0 Å². The fourth-order valence-corrected chi connectivity index (χ4v) is 5.01. The van der Waals surface area contributed by atoms with E-state index in [2.05, 4.69) is 4.90 Å². The van der Waals surface area contributed by atoms with Crippen LogP contribution >= 0.6 is 0 Å². The summed E-state index contributed by atoms with van der Waals surface area (Å²) in [5, 5.41) is 18.5. The molecule has 1 saturated heterocycles. The van der Waals surface area contributed by atoms with Crippen molar-refractivity contribution in [2.75, 3.05) is 45.9 Å². The minimum atomic E-state index is -0.659. The molecule has 2 heterocycles. The summed E-state index contributed by atoms with van der Waals surface area (Å²) >= 11 is 0. The number of Topliss-reactive ketones (excluding diaryl/α,β-unsaturated/α-hetero) is 1. The largest absolute Gasteiger partial charge is 0.494 e. The third kappa shape index (κ3) is 4.59. The molecule has 2 aliphatic rings. The Morgan fingerprint density at radius 2 is 1.78 bits per heavy atom. The molecule has 0 atom stereocenters. The number of ketones is 1. The zero-order valence-electron chi connectivity index (χ0n) is 21.5. The quantitative estimate of drug-likeness (QED) is 0.531. The number of hydrogen-bond donors (Lipinski definition) is 2. The number of fused-ring (bicyclic) bond motifs is 1. The fourth-order valence-electron chi connectivity index (χ4n) is 5.01. The van der Waals surface area contributed by atoms with Gasteiger partial charge in [-0.15, -0.1) is 0 Å². The van der Waals surface area contributed by atoms with Crippen LogP contribution in [-0.2, 0) is 6.54 Å². The van der Waals surface area contributed by atoms with Gasteiger partial charge in [-0.2, -0.15) is 0 Å². The summed E-state index contributed by atoms with van der Waals surface area (Å²) in [5.74, 6) is 0.165. The number of nitrogens with zero attached hydrogens (tertiary/aromatic N) is 2. The van der Waals surface area contributed by atoms with Crippen molar-refractivity contribution in [1.29, 1.82) is 5.41 Å². The van der Waals surface area contributed by atoms with Gasteiger partial charge in [0.2, 0.25) is 0 Å². The van der Waals surface area contributed by atoms with Gasteiger partial charge in [0, 0.05) is 25.2 Å². The zero-order valence-corrected chi connectivity index (χ0v) is 21.5. The molecule has 0 amide bonds. The molecule has 0 unspecified atom stereocenters. The number of carbonyl (C=O) groups is 1. The molecule has 2 aliphatic heterocycles. The van der Waals surface area contributed by atoms with Crippen LogP contribution in [0.1, 0.15) is 59.7 Å². The molecule has 1 fully saturated rings. The lowest BCUT2D eigenvalue weighted by atomic mass is 9.95. The summed E-state index contributed by atoms with van der Waals surface area (Å²) in [7, 11) is 4.41. The van der Waals surface area contributed by atoms with Gasteiger partial charge >= 0.3 is 0 Å². The SMILES string of the molecule is COc1cc2c(c(F)c1OC)C(=N)N(CC(=O)c1cc(C(C)C)c(OC)c(N3CCC(O)CC3)c1)C2. The number of piperidine rings is 1. The van der Waals surface area contributed by atoms with E-state index < -0.39 is 5.82 Å². The first-order valence-corrected chi connectivity index (χ1v) is 12.1. The van der Waals surface area contributed by atoms with Crippen LogP contribution in [0.2, 0.25) is 0 Å². The number of anilines is 1. The van der Waals surface area contributed by atoms with Gasteiger partial charge in [0.15, 0.2) is 23.1 Å². The van der Waals surface area contributed by atoms with Crippen molar-refractivity contribution in [2.45, 2.75) is 45.3 Å². The summed E-state index contributed by atoms with van der Waals surface area (Å²) in [5.41, 5.74) is 2.97. The normalized spacial score (nSPS) is 15.9. The Labute approximate surface area is 211 Å². The summed E-state index contributed by atoms with van der Waals surface area (Å²) in [6.45, 7) is 5.59. The minimum absolute atomic E-state index is 0.0535. The second kappa shape index (κ2) is 10.3. The Hall–Kier alpha value is -3.33. The van der Waals surface area contributed by atoms with E-state index in [4.69, 9.17) is 19.6 Å². The van der Waals surface area contributed by atoms with Gasteiger partial charge in [0.05, 0.1) is 45.2 Å². The molecule has 2 aromatic carbocycles. The Morgan fingerprint density at radius 3 is 2.36 bits per heavy atom. The topological polar surface area (TPSA) is 95.3 Å². The second-order valence-corrected chi connectivity index (χ2v) is 9.58. The van der Waals surface area contributed by atoms with Crippen LogP contribution in [-0.4, -0.2) is 68.7 Å². The highest BCUT2D eigenvalue weighted by Crippen LogP contribution is 2.40. The maximum absolute atomic E-state index is 15.1. The van der Waals surface area contributed by atoms with E-state index in [1.54, 1.807) is 18.1 Å². The number of aliphatic hydroxyl groups excluding tert-OH is 1. The number of aliphatic hydroxyl groups is 1. The number of hydrogen-bond acceptors (Lipinski definition) is 7. The van der Waals surface area contributed by atoms with Crippen molar-refractivity contribution in [3.05, 3.63) is 46.3 Å². The Bertz CT molecular complexity index is 1170. The molecular formula is C27H34FN3O5. The Kier molecular flexibility index (Phi) is 7.40. The number of carbonyl (C=O) groups excluding carboxylic acids is 1. The van der Waals surface area contributed by atoms with Gasteiger partial charge in [0.1, 0.15) is 11.6 Å². The standard InChI is InChI=1S/C27H34FN3O5/c1-15(2)19-10-16(11-20(25(19)35-4)30-8-6-18(32)7-9-30)21(33)14-31-13-17-12-22(34-3)26(36-5)24(28)23(17)27(31)29/h10-12,15,18,29,32H,6-9,13-14H2,1-5H3. The number of rotatable bonds is 8. The Balaban J connectivity index is 1.64. The lowest BCUT2D eigenvalue weighted by Gasteiger charge is -2.33. The average molecular weight is 500 g/mol. The van der Waals surface area contributed by atoms with Crippen LogP contribution < -0.4 is 19.1 Å². The fraction of sp³-hybridized carbons (Fsp3) is 0.481. The van der Waals surface area contributed by atoms with Crippen LogP contribution in [0.25, 0.3) is 0 Å². The van der Waals surface area contributed by atoms with Crippen molar-refractivity contribution >= 4 is 17.3 Å². The number of halogens is 1. The van der Waals surface area contributed by atoms with E-state index in [-0.39, 0.29) is 53.8 Å². The third-order valence-corrected chi connectivity index (χ3v) is 6.99. The summed E-state index contributed by atoms with van der Waals surface area (Å²) in [6.07, 6.45) is 0.988. The molecule has 36 heavy (non-hydrogen) atoms. The first-order valence-electron chi connectivity index (χ1n) is 12.1. The van der Waals surface area contributed by atoms with Crippen LogP contribution in [0.5, 0.6) is 17.2 Å². The van der Waals surface area contributed by atoms with Gasteiger partial charge in [-0.25, -0.2) is 4.39 Å². The molecule has 0 saturated carbocycles. The number of benzene rings is 2. The highest BCUT2D eigenvalue weighted by molar-refractivity contribution is 6.06. The predicted molar refractivity (Wildman–Crippen MR) is 136 cm³/mol. The number of methoxy groups -OCH3 is 3. The molecule has 194 valence electrons. The lowest BCUT2D eigenvalue weighted by molar-refractivity contribution is 0.0962. The van der Waals surface area contributed by atoms with E-state index in [0.29, 0.717) is 37.1 Å². The molecule has 0 bridgehead atoms. The van der Waals surface area contributed by atoms with Crippen LogP contribution in [0.15, 0.2) is 18.2 Å². The van der Waals surface area contributed by atoms with Crippen LogP contribution in [0.3, 0.4) is 0 Å². The zero-order chi connectivity index (χ0) is 26.1. The molecule has 0 spiro atoms. The van der Waals surface area contributed by atoms with Crippen molar-refractivity contribution in [2.24, 2.45) is 0 Å². The summed E-state index contributed by atoms with van der Waals surface area (Å²) in [6, 6.07) is 5.35. The van der Waals surface area contributed by atoms with E-state index in [9.17, 15) is 9.90 Å². The van der Waals surface area contributed by atoms with E-state index >= 15 is 4.39 Å². The molecule has 0 aliphatic carbocycles. The van der Waals surface area contributed by atoms with Crippen molar-refractivity contribution in [1.82, 2.24) is 4.90 Å². The third-order valence-electron chi connectivity index (χ3n) is 6.99. The van der Waals surface area contributed by atoms with Crippen molar-refractivity contribution < 1.29 is 28.5 Å². The first kappa shape index (κ1) is 25.8. The first-order chi connectivity index (χ1) is 17.2. The lowest BCUT2D eigenvalue weighted by Crippen LogP contribution is -2.36. The molecule has 8 nitrogen and oxygen atoms in total. The van der Waals surface area contributed by atoms with Crippen molar-refractivity contribution in [3.8, 4) is 17.2 Å². The smallest absolute Gasteiger partial charge is 0.197 e. The summed E-state index contributed by atoms with van der Waals surface area (Å²) < 4.78 is 31.3. The van der Waals surface area contributed by atoms with E-state index in [0.717, 1.165) is 17.0 Å². The molecular weight excluding hydrogens is 465 g/mol. The molecule has 2 N–H and O–H groups in total. The van der Waals surface area contributed by atoms with Crippen LogP contribution in [0.4, 0.5) is 10.1 Å². The maximum Gasteiger partial charge on any atom is 0.197 e. The van der Waals surface area contributed by atoms with Gasteiger partial charge in [-0.05, 0) is 48.1 Å². The highest BCUT2D eigenvalue weighted by atomic mass is 19.1. The maximum atomic E-state index is 15.1. The number of ether oxygens (including phenoxy) is 3. The summed E-state index contributed by atoms with van der Waals surface area (Å²) in [4.78, 5) is 17.2. The van der Waals surface area contributed by atoms with Crippen molar-refractivity contribution in [3.63, 3.8) is 0 Å². The van der Waals surface area contributed by atoms with Gasteiger partial charge in [-0.1, -0.05) is 13.8 Å². The second-order valence-electron chi connectivity index (χ2n) is 9.58. The van der Waals surface area contributed by atoms with Gasteiger partial charge in [-0.3, -0.25) is 10.2 Å². The molecule has 0 aromatic heterocycles. The predicted octanol–water partition coefficient (Wildman–Crippen LogP) is 3.96.